The zero-order chi connectivity index (χ0) is 12.1. The van der Waals surface area contributed by atoms with E-state index >= 15 is 0 Å². The molecule has 2 N–H and O–H groups in total. The van der Waals surface area contributed by atoms with Crippen LogP contribution in [0.1, 0.15) is 5.56 Å². The molecular weight excluding hydrogens is 265 g/mol. The van der Waals surface area contributed by atoms with Gasteiger partial charge in [0.25, 0.3) is 0 Å². The van der Waals surface area contributed by atoms with Crippen molar-refractivity contribution in [2.75, 3.05) is 14.2 Å². The van der Waals surface area contributed by atoms with E-state index in [1.165, 1.54) is 7.11 Å². The van der Waals surface area contributed by atoms with Crippen molar-refractivity contribution in [1.29, 1.82) is 0 Å². The van der Waals surface area contributed by atoms with Gasteiger partial charge in [-0.15, -0.1) is 12.4 Å². The molecule has 0 radical (unpaired) electrons. The topological polar surface area (TPSA) is 61.5 Å². The van der Waals surface area contributed by atoms with Gasteiger partial charge in [-0.2, -0.15) is 0 Å². The molecule has 0 aliphatic heterocycles. The number of esters is 1. The number of benzene rings is 1. The maximum Gasteiger partial charge on any atom is 0.322 e. The molecular formula is C11H15Cl2NO3. The van der Waals surface area contributed by atoms with Gasteiger partial charge >= 0.3 is 5.97 Å². The number of ether oxygens (including phenoxy) is 2. The van der Waals surface area contributed by atoms with Gasteiger partial charge in [0.1, 0.15) is 11.8 Å². The van der Waals surface area contributed by atoms with Crippen LogP contribution in [0.25, 0.3) is 0 Å². The van der Waals surface area contributed by atoms with Gasteiger partial charge in [0.2, 0.25) is 0 Å². The minimum absolute atomic E-state index is 0. The first-order chi connectivity index (χ1) is 7.58. The fraction of sp³-hybridized carbons (Fsp3) is 0.364. The predicted molar refractivity (Wildman–Crippen MR) is 68.9 cm³/mol. The van der Waals surface area contributed by atoms with Crippen molar-refractivity contribution in [3.8, 4) is 5.75 Å². The van der Waals surface area contributed by atoms with Crippen molar-refractivity contribution >= 4 is 30.0 Å². The SMILES string of the molecule is COC(=O)C(N)Cc1ccc(Cl)cc1OC.Cl. The van der Waals surface area contributed by atoms with Crippen LogP contribution in [0.15, 0.2) is 18.2 Å². The Kier molecular flexibility index (Phi) is 6.95. The average molecular weight is 280 g/mol. The highest BCUT2D eigenvalue weighted by atomic mass is 35.5. The molecule has 0 aliphatic carbocycles. The maximum atomic E-state index is 11.2. The first-order valence-corrected chi connectivity index (χ1v) is 5.12. The van der Waals surface area contributed by atoms with Gasteiger partial charge in [-0.1, -0.05) is 17.7 Å². The van der Waals surface area contributed by atoms with Crippen LogP contribution in [0, 0.1) is 0 Å². The van der Waals surface area contributed by atoms with E-state index in [9.17, 15) is 4.79 Å². The molecule has 0 saturated carbocycles. The summed E-state index contributed by atoms with van der Waals surface area (Å²) in [5.41, 5.74) is 6.48. The summed E-state index contributed by atoms with van der Waals surface area (Å²) in [5.74, 6) is 0.170. The lowest BCUT2D eigenvalue weighted by molar-refractivity contribution is -0.142. The van der Waals surface area contributed by atoms with Crippen LogP contribution >= 0.6 is 24.0 Å². The molecule has 0 amide bonds. The Morgan fingerprint density at radius 2 is 2.12 bits per heavy atom. The number of hydrogen-bond donors (Lipinski definition) is 1. The van der Waals surface area contributed by atoms with E-state index in [1.54, 1.807) is 25.3 Å². The van der Waals surface area contributed by atoms with E-state index in [4.69, 9.17) is 22.1 Å². The molecule has 1 atom stereocenters. The highest BCUT2D eigenvalue weighted by Crippen LogP contribution is 2.24. The molecule has 1 aromatic carbocycles. The normalized spacial score (nSPS) is 11.3. The lowest BCUT2D eigenvalue weighted by Crippen LogP contribution is -2.33. The summed E-state index contributed by atoms with van der Waals surface area (Å²) in [4.78, 5) is 11.2. The number of halogens is 2. The summed E-state index contributed by atoms with van der Waals surface area (Å²) in [7, 11) is 2.85. The molecule has 0 aromatic heterocycles. The van der Waals surface area contributed by atoms with Gasteiger partial charge in [0.15, 0.2) is 0 Å². The molecule has 0 bridgehead atoms. The van der Waals surface area contributed by atoms with E-state index < -0.39 is 12.0 Å². The van der Waals surface area contributed by atoms with E-state index in [0.717, 1.165) is 5.56 Å². The number of carbonyl (C=O) groups excluding carboxylic acids is 1. The molecule has 96 valence electrons. The van der Waals surface area contributed by atoms with Crippen molar-refractivity contribution in [1.82, 2.24) is 0 Å². The van der Waals surface area contributed by atoms with Crippen molar-refractivity contribution in [2.24, 2.45) is 5.73 Å². The molecule has 0 saturated heterocycles. The zero-order valence-electron chi connectivity index (χ0n) is 9.60. The lowest BCUT2D eigenvalue weighted by Gasteiger charge is -2.12. The third kappa shape index (κ3) is 4.42. The lowest BCUT2D eigenvalue weighted by atomic mass is 10.1. The minimum atomic E-state index is -0.694. The minimum Gasteiger partial charge on any atom is -0.496 e. The summed E-state index contributed by atoms with van der Waals surface area (Å²) >= 11 is 5.82. The number of rotatable bonds is 4. The summed E-state index contributed by atoms with van der Waals surface area (Å²) in [6.07, 6.45) is 0.354. The van der Waals surface area contributed by atoms with Crippen LogP contribution in [-0.4, -0.2) is 26.2 Å². The Labute approximate surface area is 111 Å². The van der Waals surface area contributed by atoms with Crippen LogP contribution in [0.2, 0.25) is 5.02 Å². The van der Waals surface area contributed by atoms with Gasteiger partial charge in [0, 0.05) is 11.4 Å². The Bertz CT molecular complexity index is 385. The molecule has 0 aliphatic rings. The summed E-state index contributed by atoms with van der Waals surface area (Å²) in [6, 6.07) is 4.49. The van der Waals surface area contributed by atoms with Crippen molar-refractivity contribution in [3.05, 3.63) is 28.8 Å². The fourth-order valence-corrected chi connectivity index (χ4v) is 1.52. The van der Waals surface area contributed by atoms with Gasteiger partial charge in [0.05, 0.1) is 14.2 Å². The quantitative estimate of drug-likeness (QED) is 0.854. The molecule has 0 heterocycles. The van der Waals surface area contributed by atoms with Crippen LogP contribution < -0.4 is 10.5 Å². The Balaban J connectivity index is 0.00000256. The molecule has 1 unspecified atom stereocenters. The predicted octanol–water partition coefficient (Wildman–Crippen LogP) is 1.81. The molecule has 4 nitrogen and oxygen atoms in total. The van der Waals surface area contributed by atoms with Crippen LogP contribution in [-0.2, 0) is 16.0 Å². The van der Waals surface area contributed by atoms with Crippen LogP contribution in [0.3, 0.4) is 0 Å². The molecule has 0 spiro atoms. The van der Waals surface area contributed by atoms with E-state index in [1.807, 2.05) is 0 Å². The monoisotopic (exact) mass is 279 g/mol. The van der Waals surface area contributed by atoms with E-state index in [-0.39, 0.29) is 12.4 Å². The summed E-state index contributed by atoms with van der Waals surface area (Å²) < 4.78 is 9.70. The van der Waals surface area contributed by atoms with Gasteiger partial charge in [-0.25, -0.2) is 0 Å². The number of methoxy groups -OCH3 is 2. The van der Waals surface area contributed by atoms with Crippen molar-refractivity contribution < 1.29 is 14.3 Å². The molecule has 1 aromatic rings. The van der Waals surface area contributed by atoms with Gasteiger partial charge < -0.3 is 15.2 Å². The number of nitrogens with two attached hydrogens (primary N) is 1. The smallest absolute Gasteiger partial charge is 0.322 e. The van der Waals surface area contributed by atoms with Crippen molar-refractivity contribution in [2.45, 2.75) is 12.5 Å². The summed E-state index contributed by atoms with van der Waals surface area (Å²) in [5, 5.41) is 0.576. The largest absolute Gasteiger partial charge is 0.496 e. The zero-order valence-corrected chi connectivity index (χ0v) is 11.2. The van der Waals surface area contributed by atoms with E-state index in [0.29, 0.717) is 17.2 Å². The standard InChI is InChI=1S/C11H14ClNO3.ClH/c1-15-10-6-8(12)4-3-7(10)5-9(13)11(14)16-2;/h3-4,6,9H,5,13H2,1-2H3;1H. The fourth-order valence-electron chi connectivity index (χ4n) is 1.36. The van der Waals surface area contributed by atoms with Crippen LogP contribution in [0.5, 0.6) is 5.75 Å². The molecule has 6 heteroatoms. The second-order valence-electron chi connectivity index (χ2n) is 3.29. The first-order valence-electron chi connectivity index (χ1n) is 4.74. The second-order valence-corrected chi connectivity index (χ2v) is 3.73. The second kappa shape index (κ2) is 7.37. The van der Waals surface area contributed by atoms with Crippen LogP contribution in [0.4, 0.5) is 0 Å². The Morgan fingerprint density at radius 1 is 1.47 bits per heavy atom. The third-order valence-electron chi connectivity index (χ3n) is 2.19. The van der Waals surface area contributed by atoms with Gasteiger partial charge in [-0.05, 0) is 17.7 Å². The Morgan fingerprint density at radius 3 is 2.65 bits per heavy atom. The molecule has 1 rings (SSSR count). The Hall–Kier alpha value is -0.970. The van der Waals surface area contributed by atoms with Gasteiger partial charge in [-0.3, -0.25) is 4.79 Å². The molecule has 17 heavy (non-hydrogen) atoms. The highest BCUT2D eigenvalue weighted by Gasteiger charge is 2.16. The highest BCUT2D eigenvalue weighted by molar-refractivity contribution is 6.30. The average Bonchev–Trinajstić information content (AvgIpc) is 2.30. The van der Waals surface area contributed by atoms with E-state index in [2.05, 4.69) is 4.74 Å². The number of carbonyl (C=O) groups is 1. The third-order valence-corrected chi connectivity index (χ3v) is 2.43. The van der Waals surface area contributed by atoms with Crippen molar-refractivity contribution in [3.63, 3.8) is 0 Å². The summed E-state index contributed by atoms with van der Waals surface area (Å²) in [6.45, 7) is 0. The maximum absolute atomic E-state index is 11.2. The number of hydrogen-bond acceptors (Lipinski definition) is 4. The molecule has 0 fully saturated rings. The first kappa shape index (κ1) is 16.0.